The Kier molecular flexibility index (Phi) is 2.63. The Hall–Kier alpha value is -2.16. The molecule has 0 aliphatic rings. The summed E-state index contributed by atoms with van der Waals surface area (Å²) in [5, 5.41) is 9.02. The molecule has 0 spiro atoms. The van der Waals surface area contributed by atoms with E-state index < -0.39 is 0 Å². The van der Waals surface area contributed by atoms with Crippen LogP contribution in [0.3, 0.4) is 0 Å². The van der Waals surface area contributed by atoms with Crippen molar-refractivity contribution in [2.45, 2.75) is 26.2 Å². The Balaban J connectivity index is 2.11. The molecule has 0 aliphatic carbocycles. The van der Waals surface area contributed by atoms with Crippen LogP contribution in [0.4, 0.5) is 0 Å². The van der Waals surface area contributed by atoms with Gasteiger partial charge in [0.2, 0.25) is 0 Å². The molecule has 0 saturated carbocycles. The highest BCUT2D eigenvalue weighted by atomic mass is 15.5. The molecule has 1 heterocycles. The molecule has 0 aliphatic heterocycles. The standard InChI is InChI=1S/C16H17N3/c1-16(2,3)12-7-6-8-13(11-12)19-17-14-9-4-5-10-15(14)18-19/h4-11H,1-3H3. The van der Waals surface area contributed by atoms with Gasteiger partial charge >= 0.3 is 0 Å². The molecule has 2 aromatic carbocycles. The number of rotatable bonds is 1. The fourth-order valence-corrected chi connectivity index (χ4v) is 2.07. The average Bonchev–Trinajstić information content (AvgIpc) is 2.81. The van der Waals surface area contributed by atoms with Crippen LogP contribution in [-0.2, 0) is 5.41 Å². The zero-order valence-electron chi connectivity index (χ0n) is 11.5. The lowest BCUT2D eigenvalue weighted by Gasteiger charge is -2.19. The molecule has 96 valence electrons. The van der Waals surface area contributed by atoms with E-state index >= 15 is 0 Å². The molecule has 3 nitrogen and oxygen atoms in total. The van der Waals surface area contributed by atoms with E-state index in [0.717, 1.165) is 16.7 Å². The third-order valence-electron chi connectivity index (χ3n) is 3.23. The summed E-state index contributed by atoms with van der Waals surface area (Å²) >= 11 is 0. The molecule has 0 atom stereocenters. The summed E-state index contributed by atoms with van der Waals surface area (Å²) in [6.45, 7) is 6.62. The van der Waals surface area contributed by atoms with Crippen LogP contribution in [0.1, 0.15) is 26.3 Å². The average molecular weight is 251 g/mol. The Morgan fingerprint density at radius 3 is 2.05 bits per heavy atom. The monoisotopic (exact) mass is 251 g/mol. The van der Waals surface area contributed by atoms with Crippen LogP contribution in [-0.4, -0.2) is 15.0 Å². The van der Waals surface area contributed by atoms with Crippen molar-refractivity contribution in [1.29, 1.82) is 0 Å². The van der Waals surface area contributed by atoms with Crippen LogP contribution in [0.2, 0.25) is 0 Å². The van der Waals surface area contributed by atoms with E-state index in [1.54, 1.807) is 4.80 Å². The van der Waals surface area contributed by atoms with Gasteiger partial charge in [-0.05, 0) is 35.2 Å². The highest BCUT2D eigenvalue weighted by Gasteiger charge is 2.14. The van der Waals surface area contributed by atoms with Gasteiger partial charge < -0.3 is 0 Å². The topological polar surface area (TPSA) is 30.7 Å². The van der Waals surface area contributed by atoms with E-state index in [9.17, 15) is 0 Å². The second-order valence-electron chi connectivity index (χ2n) is 5.78. The summed E-state index contributed by atoms with van der Waals surface area (Å²) in [6, 6.07) is 16.3. The van der Waals surface area contributed by atoms with Gasteiger partial charge in [-0.3, -0.25) is 0 Å². The SMILES string of the molecule is CC(C)(C)c1cccc(-n2nc3ccccc3n2)c1. The quantitative estimate of drug-likeness (QED) is 0.660. The van der Waals surface area contributed by atoms with Crippen molar-refractivity contribution in [2.24, 2.45) is 0 Å². The Morgan fingerprint density at radius 1 is 0.842 bits per heavy atom. The molecule has 0 bridgehead atoms. The van der Waals surface area contributed by atoms with Crippen LogP contribution in [0.25, 0.3) is 16.7 Å². The fourth-order valence-electron chi connectivity index (χ4n) is 2.07. The van der Waals surface area contributed by atoms with Crippen molar-refractivity contribution in [1.82, 2.24) is 15.0 Å². The van der Waals surface area contributed by atoms with Gasteiger partial charge in [0.25, 0.3) is 0 Å². The first-order chi connectivity index (χ1) is 9.04. The summed E-state index contributed by atoms with van der Waals surface area (Å²) in [6.07, 6.45) is 0. The van der Waals surface area contributed by atoms with E-state index in [0.29, 0.717) is 0 Å². The van der Waals surface area contributed by atoms with Crippen molar-refractivity contribution in [3.63, 3.8) is 0 Å². The van der Waals surface area contributed by atoms with E-state index in [4.69, 9.17) is 0 Å². The van der Waals surface area contributed by atoms with Crippen molar-refractivity contribution < 1.29 is 0 Å². The Labute approximate surface area is 112 Å². The van der Waals surface area contributed by atoms with Crippen LogP contribution >= 0.6 is 0 Å². The third-order valence-corrected chi connectivity index (χ3v) is 3.23. The minimum atomic E-state index is 0.128. The lowest BCUT2D eigenvalue weighted by atomic mass is 9.87. The first kappa shape index (κ1) is 11.9. The minimum Gasteiger partial charge on any atom is -0.150 e. The molecular formula is C16H17N3. The molecule has 19 heavy (non-hydrogen) atoms. The van der Waals surface area contributed by atoms with E-state index in [1.165, 1.54) is 5.56 Å². The highest BCUT2D eigenvalue weighted by molar-refractivity contribution is 5.73. The summed E-state index contributed by atoms with van der Waals surface area (Å²) in [7, 11) is 0. The van der Waals surface area contributed by atoms with Crippen LogP contribution in [0, 0.1) is 0 Å². The number of nitrogens with zero attached hydrogens (tertiary/aromatic N) is 3. The van der Waals surface area contributed by atoms with Gasteiger partial charge in [-0.1, -0.05) is 45.0 Å². The molecule has 0 fully saturated rings. The summed E-state index contributed by atoms with van der Waals surface area (Å²) < 4.78 is 0. The molecule has 3 aromatic rings. The van der Waals surface area contributed by atoms with E-state index in [1.807, 2.05) is 30.3 Å². The van der Waals surface area contributed by atoms with Crippen LogP contribution in [0.15, 0.2) is 48.5 Å². The van der Waals surface area contributed by atoms with Crippen molar-refractivity contribution in [2.75, 3.05) is 0 Å². The zero-order chi connectivity index (χ0) is 13.5. The Morgan fingerprint density at radius 2 is 1.47 bits per heavy atom. The second kappa shape index (κ2) is 4.19. The molecule has 0 N–H and O–H groups in total. The first-order valence-electron chi connectivity index (χ1n) is 6.47. The fraction of sp³-hybridized carbons (Fsp3) is 0.250. The maximum Gasteiger partial charge on any atom is 0.113 e. The number of hydrogen-bond donors (Lipinski definition) is 0. The maximum absolute atomic E-state index is 4.51. The first-order valence-corrected chi connectivity index (χ1v) is 6.47. The maximum atomic E-state index is 4.51. The lowest BCUT2D eigenvalue weighted by molar-refractivity contribution is 0.588. The number of benzene rings is 2. The molecule has 0 saturated heterocycles. The van der Waals surface area contributed by atoms with Gasteiger partial charge in [-0.25, -0.2) is 0 Å². The minimum absolute atomic E-state index is 0.128. The van der Waals surface area contributed by atoms with Gasteiger partial charge in [0.05, 0.1) is 5.69 Å². The predicted molar refractivity (Wildman–Crippen MR) is 77.6 cm³/mol. The Bertz CT molecular complexity index is 687. The molecule has 3 heteroatoms. The normalized spacial score (nSPS) is 11.9. The third kappa shape index (κ3) is 2.24. The second-order valence-corrected chi connectivity index (χ2v) is 5.78. The van der Waals surface area contributed by atoms with Crippen molar-refractivity contribution >= 4 is 11.0 Å². The van der Waals surface area contributed by atoms with E-state index in [-0.39, 0.29) is 5.41 Å². The number of aromatic nitrogens is 3. The summed E-state index contributed by atoms with van der Waals surface area (Å²) in [5.74, 6) is 0. The zero-order valence-corrected chi connectivity index (χ0v) is 11.5. The van der Waals surface area contributed by atoms with Crippen LogP contribution in [0.5, 0.6) is 0 Å². The van der Waals surface area contributed by atoms with E-state index in [2.05, 4.69) is 49.2 Å². The van der Waals surface area contributed by atoms with Crippen LogP contribution < -0.4 is 0 Å². The molecule has 3 rings (SSSR count). The molecular weight excluding hydrogens is 234 g/mol. The van der Waals surface area contributed by atoms with Gasteiger partial charge in [0, 0.05) is 0 Å². The van der Waals surface area contributed by atoms with Gasteiger partial charge in [-0.2, -0.15) is 4.80 Å². The molecule has 0 radical (unpaired) electrons. The molecule has 0 unspecified atom stereocenters. The van der Waals surface area contributed by atoms with Crippen molar-refractivity contribution in [3.8, 4) is 5.69 Å². The predicted octanol–water partition coefficient (Wildman–Crippen LogP) is 3.72. The number of fused-ring (bicyclic) bond motifs is 1. The largest absolute Gasteiger partial charge is 0.150 e. The van der Waals surface area contributed by atoms with Gasteiger partial charge in [0.1, 0.15) is 11.0 Å². The van der Waals surface area contributed by atoms with Crippen molar-refractivity contribution in [3.05, 3.63) is 54.1 Å². The number of hydrogen-bond acceptors (Lipinski definition) is 2. The summed E-state index contributed by atoms with van der Waals surface area (Å²) in [4.78, 5) is 1.71. The summed E-state index contributed by atoms with van der Waals surface area (Å²) in [5.41, 5.74) is 4.25. The lowest BCUT2D eigenvalue weighted by Crippen LogP contribution is -2.12. The molecule has 0 amide bonds. The smallest absolute Gasteiger partial charge is 0.113 e. The van der Waals surface area contributed by atoms with Gasteiger partial charge in [-0.15, -0.1) is 10.2 Å². The van der Waals surface area contributed by atoms with Gasteiger partial charge in [0.15, 0.2) is 0 Å². The molecule has 1 aromatic heterocycles. The highest BCUT2D eigenvalue weighted by Crippen LogP contribution is 2.24.